The normalized spacial score (nSPS) is 23.2. The van der Waals surface area contributed by atoms with Gasteiger partial charge in [0.1, 0.15) is 0 Å². The Labute approximate surface area is 83.4 Å². The Morgan fingerprint density at radius 1 is 1.67 bits per heavy atom. The molecule has 0 bridgehead atoms. The SMILES string of the molecule is BrCc1noc(C2CCSC2)n1. The monoisotopic (exact) mass is 248 g/mol. The molecule has 2 heterocycles. The van der Waals surface area contributed by atoms with Crippen molar-refractivity contribution in [3.8, 4) is 0 Å². The number of aromatic nitrogens is 2. The molecule has 2 rings (SSSR count). The van der Waals surface area contributed by atoms with Crippen LogP contribution in [0.5, 0.6) is 0 Å². The zero-order valence-corrected chi connectivity index (χ0v) is 8.90. The molecule has 1 aromatic heterocycles. The lowest BCUT2D eigenvalue weighted by Crippen LogP contribution is -1.96. The second-order valence-electron chi connectivity index (χ2n) is 2.74. The van der Waals surface area contributed by atoms with E-state index in [4.69, 9.17) is 4.52 Å². The van der Waals surface area contributed by atoms with Crippen molar-refractivity contribution in [1.82, 2.24) is 10.1 Å². The highest BCUT2D eigenvalue weighted by Gasteiger charge is 2.22. The van der Waals surface area contributed by atoms with E-state index >= 15 is 0 Å². The van der Waals surface area contributed by atoms with Crippen molar-refractivity contribution >= 4 is 27.7 Å². The third-order valence-corrected chi connectivity index (χ3v) is 3.55. The summed E-state index contributed by atoms with van der Waals surface area (Å²) in [4.78, 5) is 4.27. The minimum absolute atomic E-state index is 0.496. The molecule has 0 N–H and O–H groups in total. The summed E-state index contributed by atoms with van der Waals surface area (Å²) in [6.07, 6.45) is 1.18. The third kappa shape index (κ3) is 1.66. The van der Waals surface area contributed by atoms with Crippen LogP contribution in [-0.2, 0) is 5.33 Å². The number of halogens is 1. The van der Waals surface area contributed by atoms with Gasteiger partial charge in [-0.2, -0.15) is 16.7 Å². The van der Waals surface area contributed by atoms with Gasteiger partial charge >= 0.3 is 0 Å². The zero-order chi connectivity index (χ0) is 8.39. The molecule has 0 spiro atoms. The smallest absolute Gasteiger partial charge is 0.230 e. The van der Waals surface area contributed by atoms with Crippen molar-refractivity contribution in [2.75, 3.05) is 11.5 Å². The summed E-state index contributed by atoms with van der Waals surface area (Å²) in [5, 5.41) is 4.51. The van der Waals surface area contributed by atoms with Crippen LogP contribution in [0.3, 0.4) is 0 Å². The summed E-state index contributed by atoms with van der Waals surface area (Å²) >= 11 is 5.24. The van der Waals surface area contributed by atoms with E-state index in [1.165, 1.54) is 12.2 Å². The first-order valence-corrected chi connectivity index (χ1v) is 6.14. The van der Waals surface area contributed by atoms with Crippen molar-refractivity contribution < 1.29 is 4.52 Å². The Balaban J connectivity index is 2.11. The van der Waals surface area contributed by atoms with Crippen LogP contribution in [0.15, 0.2) is 4.52 Å². The standard InChI is InChI=1S/C7H9BrN2OS/c8-3-6-9-7(11-10-6)5-1-2-12-4-5/h5H,1-4H2. The first-order chi connectivity index (χ1) is 5.90. The van der Waals surface area contributed by atoms with E-state index in [9.17, 15) is 0 Å². The number of rotatable bonds is 2. The van der Waals surface area contributed by atoms with E-state index in [0.717, 1.165) is 17.5 Å². The Bertz CT molecular complexity index is 260. The maximum Gasteiger partial charge on any atom is 0.230 e. The minimum Gasteiger partial charge on any atom is -0.339 e. The summed E-state index contributed by atoms with van der Waals surface area (Å²) in [5.41, 5.74) is 0. The first-order valence-electron chi connectivity index (χ1n) is 3.86. The fourth-order valence-corrected chi connectivity index (χ4v) is 2.66. The summed E-state index contributed by atoms with van der Waals surface area (Å²) < 4.78 is 5.14. The van der Waals surface area contributed by atoms with Gasteiger partial charge in [0.15, 0.2) is 5.82 Å². The summed E-state index contributed by atoms with van der Waals surface area (Å²) in [7, 11) is 0. The molecule has 1 aromatic rings. The molecule has 0 aromatic carbocycles. The van der Waals surface area contributed by atoms with Gasteiger partial charge in [-0.15, -0.1) is 0 Å². The van der Waals surface area contributed by atoms with Crippen molar-refractivity contribution in [3.63, 3.8) is 0 Å². The van der Waals surface area contributed by atoms with Crippen molar-refractivity contribution in [1.29, 1.82) is 0 Å². The Morgan fingerprint density at radius 2 is 2.58 bits per heavy atom. The van der Waals surface area contributed by atoms with E-state index in [-0.39, 0.29) is 0 Å². The Morgan fingerprint density at radius 3 is 3.17 bits per heavy atom. The highest BCUT2D eigenvalue weighted by Crippen LogP contribution is 2.31. The fourth-order valence-electron chi connectivity index (χ4n) is 1.22. The van der Waals surface area contributed by atoms with Gasteiger partial charge in [-0.05, 0) is 12.2 Å². The Hall–Kier alpha value is -0.0300. The topological polar surface area (TPSA) is 38.9 Å². The van der Waals surface area contributed by atoms with Gasteiger partial charge < -0.3 is 4.52 Å². The molecule has 12 heavy (non-hydrogen) atoms. The lowest BCUT2D eigenvalue weighted by Gasteiger charge is -1.97. The van der Waals surface area contributed by atoms with Crippen molar-refractivity contribution in [2.24, 2.45) is 0 Å². The van der Waals surface area contributed by atoms with Crippen LogP contribution in [0.2, 0.25) is 0 Å². The summed E-state index contributed by atoms with van der Waals surface area (Å²) in [5.74, 6) is 4.41. The molecule has 0 saturated carbocycles. The van der Waals surface area contributed by atoms with Crippen LogP contribution < -0.4 is 0 Å². The lowest BCUT2D eigenvalue weighted by molar-refractivity contribution is 0.358. The van der Waals surface area contributed by atoms with Crippen LogP contribution in [-0.4, -0.2) is 21.6 Å². The van der Waals surface area contributed by atoms with Gasteiger partial charge in [0, 0.05) is 11.7 Å². The fraction of sp³-hybridized carbons (Fsp3) is 0.714. The van der Waals surface area contributed by atoms with Crippen LogP contribution >= 0.6 is 27.7 Å². The van der Waals surface area contributed by atoms with E-state index in [0.29, 0.717) is 11.2 Å². The average molecular weight is 249 g/mol. The second kappa shape index (κ2) is 3.79. The van der Waals surface area contributed by atoms with Gasteiger partial charge in [0.25, 0.3) is 0 Å². The molecule has 1 unspecified atom stereocenters. The average Bonchev–Trinajstić information content (AvgIpc) is 2.75. The number of thioether (sulfide) groups is 1. The van der Waals surface area contributed by atoms with E-state index < -0.39 is 0 Å². The van der Waals surface area contributed by atoms with Gasteiger partial charge in [-0.1, -0.05) is 21.1 Å². The molecule has 0 radical (unpaired) electrons. The Kier molecular flexibility index (Phi) is 2.70. The maximum atomic E-state index is 5.14. The van der Waals surface area contributed by atoms with E-state index in [1.807, 2.05) is 11.8 Å². The van der Waals surface area contributed by atoms with Crippen LogP contribution in [0.1, 0.15) is 24.1 Å². The minimum atomic E-state index is 0.496. The number of nitrogens with zero attached hydrogens (tertiary/aromatic N) is 2. The third-order valence-electron chi connectivity index (χ3n) is 1.88. The second-order valence-corrected chi connectivity index (χ2v) is 4.45. The van der Waals surface area contributed by atoms with Gasteiger partial charge in [-0.25, -0.2) is 0 Å². The van der Waals surface area contributed by atoms with Crippen LogP contribution in [0.4, 0.5) is 0 Å². The zero-order valence-electron chi connectivity index (χ0n) is 6.49. The molecule has 1 atom stereocenters. The first kappa shape index (κ1) is 8.56. The van der Waals surface area contributed by atoms with Crippen molar-refractivity contribution in [2.45, 2.75) is 17.7 Å². The number of hydrogen-bond donors (Lipinski definition) is 0. The molecule has 1 saturated heterocycles. The van der Waals surface area contributed by atoms with E-state index in [1.54, 1.807) is 0 Å². The van der Waals surface area contributed by atoms with Gasteiger partial charge in [0.2, 0.25) is 5.89 Å². The quantitative estimate of drug-likeness (QED) is 0.753. The van der Waals surface area contributed by atoms with Crippen LogP contribution in [0.25, 0.3) is 0 Å². The molecule has 1 aliphatic rings. The molecule has 66 valence electrons. The highest BCUT2D eigenvalue weighted by atomic mass is 79.9. The maximum absolute atomic E-state index is 5.14. The van der Waals surface area contributed by atoms with Gasteiger partial charge in [0.05, 0.1) is 5.33 Å². The molecule has 3 nitrogen and oxygen atoms in total. The summed E-state index contributed by atoms with van der Waals surface area (Å²) in [6.45, 7) is 0. The molecule has 5 heteroatoms. The molecule has 0 amide bonds. The highest BCUT2D eigenvalue weighted by molar-refractivity contribution is 9.08. The predicted octanol–water partition coefficient (Wildman–Crippen LogP) is 2.19. The van der Waals surface area contributed by atoms with Crippen LogP contribution in [0, 0.1) is 0 Å². The van der Waals surface area contributed by atoms with Gasteiger partial charge in [-0.3, -0.25) is 0 Å². The number of hydrogen-bond acceptors (Lipinski definition) is 4. The predicted molar refractivity (Wildman–Crippen MR) is 51.6 cm³/mol. The molecule has 0 aliphatic carbocycles. The molecule has 1 fully saturated rings. The van der Waals surface area contributed by atoms with E-state index in [2.05, 4.69) is 26.1 Å². The van der Waals surface area contributed by atoms with Crippen molar-refractivity contribution in [3.05, 3.63) is 11.7 Å². The molecule has 1 aliphatic heterocycles. The molecular weight excluding hydrogens is 240 g/mol. The molecular formula is C7H9BrN2OS. The largest absolute Gasteiger partial charge is 0.339 e. The number of alkyl halides is 1. The lowest BCUT2D eigenvalue weighted by atomic mass is 10.1. The summed E-state index contributed by atoms with van der Waals surface area (Å²) in [6, 6.07) is 0.